The highest BCUT2D eigenvalue weighted by Gasteiger charge is 2.31. The lowest BCUT2D eigenvalue weighted by Gasteiger charge is -2.13. The van der Waals surface area contributed by atoms with E-state index in [2.05, 4.69) is 15.0 Å². The Morgan fingerprint density at radius 2 is 1.85 bits per heavy atom. The SMILES string of the molecule is O=C(NCc1ccccc1OC(F)(F)F)c1ccc(-n2ccnc2)cc1. The number of hydrogen-bond acceptors (Lipinski definition) is 3. The van der Waals surface area contributed by atoms with Gasteiger partial charge in [-0.2, -0.15) is 0 Å². The summed E-state index contributed by atoms with van der Waals surface area (Å²) < 4.78 is 43.0. The van der Waals surface area contributed by atoms with Gasteiger partial charge >= 0.3 is 6.36 Å². The fraction of sp³-hybridized carbons (Fsp3) is 0.111. The number of benzene rings is 2. The van der Waals surface area contributed by atoms with Crippen LogP contribution in [0.25, 0.3) is 5.69 Å². The van der Waals surface area contributed by atoms with Crippen molar-refractivity contribution in [2.75, 3.05) is 0 Å². The van der Waals surface area contributed by atoms with Crippen LogP contribution in [0.15, 0.2) is 67.3 Å². The second kappa shape index (κ2) is 7.30. The summed E-state index contributed by atoms with van der Waals surface area (Å²) in [5, 5.41) is 2.59. The number of nitrogens with one attached hydrogen (secondary N) is 1. The second-order valence-corrected chi connectivity index (χ2v) is 5.36. The minimum absolute atomic E-state index is 0.0889. The third-order valence-electron chi connectivity index (χ3n) is 3.57. The number of ether oxygens (including phenoxy) is 1. The summed E-state index contributed by atoms with van der Waals surface area (Å²) >= 11 is 0. The molecule has 0 spiro atoms. The van der Waals surface area contributed by atoms with Crippen molar-refractivity contribution < 1.29 is 22.7 Å². The summed E-state index contributed by atoms with van der Waals surface area (Å²) in [5.74, 6) is -0.736. The number of amides is 1. The van der Waals surface area contributed by atoms with Crippen molar-refractivity contribution in [1.29, 1.82) is 0 Å². The normalized spacial score (nSPS) is 11.2. The first-order valence-electron chi connectivity index (χ1n) is 7.62. The lowest BCUT2D eigenvalue weighted by Crippen LogP contribution is -2.24. The number of aromatic nitrogens is 2. The van der Waals surface area contributed by atoms with Gasteiger partial charge in [0.05, 0.1) is 6.33 Å². The number of carbonyl (C=O) groups excluding carboxylic acids is 1. The number of nitrogens with zero attached hydrogens (tertiary/aromatic N) is 2. The summed E-state index contributed by atoms with van der Waals surface area (Å²) in [5.41, 5.74) is 1.46. The number of halogens is 3. The first-order valence-corrected chi connectivity index (χ1v) is 7.62. The third-order valence-corrected chi connectivity index (χ3v) is 3.57. The number of rotatable bonds is 5. The molecule has 1 aromatic heterocycles. The lowest BCUT2D eigenvalue weighted by atomic mass is 10.1. The summed E-state index contributed by atoms with van der Waals surface area (Å²) in [6.07, 6.45) is 0.254. The maximum absolute atomic E-state index is 12.4. The molecule has 2 aromatic carbocycles. The van der Waals surface area contributed by atoms with Crippen molar-refractivity contribution in [3.63, 3.8) is 0 Å². The molecule has 1 N–H and O–H groups in total. The average Bonchev–Trinajstić information content (AvgIpc) is 3.14. The number of carbonyl (C=O) groups is 1. The monoisotopic (exact) mass is 361 g/mol. The van der Waals surface area contributed by atoms with E-state index in [1.165, 1.54) is 18.2 Å². The molecule has 0 saturated carbocycles. The minimum atomic E-state index is -4.79. The fourth-order valence-corrected chi connectivity index (χ4v) is 2.35. The van der Waals surface area contributed by atoms with Gasteiger partial charge in [-0.05, 0) is 30.3 Å². The highest BCUT2D eigenvalue weighted by molar-refractivity contribution is 5.94. The molecule has 134 valence electrons. The van der Waals surface area contributed by atoms with E-state index in [4.69, 9.17) is 0 Å². The van der Waals surface area contributed by atoms with Gasteiger partial charge < -0.3 is 14.6 Å². The molecule has 26 heavy (non-hydrogen) atoms. The van der Waals surface area contributed by atoms with E-state index < -0.39 is 12.3 Å². The molecule has 1 heterocycles. The highest BCUT2D eigenvalue weighted by atomic mass is 19.4. The molecule has 0 aliphatic heterocycles. The standard InChI is InChI=1S/C18H14F3N3O2/c19-18(20,21)26-16-4-2-1-3-14(16)11-23-17(25)13-5-7-15(8-6-13)24-10-9-22-12-24/h1-10,12H,11H2,(H,23,25). The highest BCUT2D eigenvalue weighted by Crippen LogP contribution is 2.26. The van der Waals surface area contributed by atoms with Crippen LogP contribution in [0.4, 0.5) is 13.2 Å². The summed E-state index contributed by atoms with van der Waals surface area (Å²) in [6.45, 7) is -0.0889. The summed E-state index contributed by atoms with van der Waals surface area (Å²) in [6, 6.07) is 12.4. The van der Waals surface area contributed by atoms with Crippen LogP contribution < -0.4 is 10.1 Å². The molecule has 0 aliphatic carbocycles. The van der Waals surface area contributed by atoms with E-state index in [9.17, 15) is 18.0 Å². The van der Waals surface area contributed by atoms with Crippen LogP contribution in [0.1, 0.15) is 15.9 Å². The molecule has 0 radical (unpaired) electrons. The lowest BCUT2D eigenvalue weighted by molar-refractivity contribution is -0.274. The Labute approximate surface area is 147 Å². The molecule has 0 bridgehead atoms. The third kappa shape index (κ3) is 4.41. The molecule has 3 aromatic rings. The molecule has 3 rings (SSSR count). The van der Waals surface area contributed by atoms with Gasteiger partial charge in [0.1, 0.15) is 5.75 Å². The predicted molar refractivity (Wildman–Crippen MR) is 87.9 cm³/mol. The average molecular weight is 361 g/mol. The van der Waals surface area contributed by atoms with Crippen LogP contribution in [0.2, 0.25) is 0 Å². The molecule has 0 fully saturated rings. The zero-order valence-electron chi connectivity index (χ0n) is 13.4. The smallest absolute Gasteiger partial charge is 0.405 e. The second-order valence-electron chi connectivity index (χ2n) is 5.36. The van der Waals surface area contributed by atoms with Crippen molar-refractivity contribution in [1.82, 2.24) is 14.9 Å². The summed E-state index contributed by atoms with van der Waals surface area (Å²) in [4.78, 5) is 16.2. The first kappa shape index (κ1) is 17.5. The van der Waals surface area contributed by atoms with Gasteiger partial charge in [-0.15, -0.1) is 13.2 Å². The van der Waals surface area contributed by atoms with Gasteiger partial charge in [-0.25, -0.2) is 4.98 Å². The van der Waals surface area contributed by atoms with E-state index >= 15 is 0 Å². The zero-order chi connectivity index (χ0) is 18.6. The van der Waals surface area contributed by atoms with Crippen molar-refractivity contribution in [3.05, 3.63) is 78.4 Å². The predicted octanol–water partition coefficient (Wildman–Crippen LogP) is 3.70. The van der Waals surface area contributed by atoms with E-state index in [1.807, 2.05) is 0 Å². The summed E-state index contributed by atoms with van der Waals surface area (Å²) in [7, 11) is 0. The molecule has 0 saturated heterocycles. The Morgan fingerprint density at radius 3 is 2.50 bits per heavy atom. The number of hydrogen-bond donors (Lipinski definition) is 1. The molecular formula is C18H14F3N3O2. The van der Waals surface area contributed by atoms with E-state index in [1.54, 1.807) is 53.6 Å². The van der Waals surface area contributed by atoms with Crippen molar-refractivity contribution in [2.45, 2.75) is 12.9 Å². The van der Waals surface area contributed by atoms with Gasteiger partial charge in [0.15, 0.2) is 0 Å². The molecular weight excluding hydrogens is 347 g/mol. The van der Waals surface area contributed by atoms with Crippen LogP contribution in [0.5, 0.6) is 5.75 Å². The molecule has 0 atom stereocenters. The first-order chi connectivity index (χ1) is 12.4. The Balaban J connectivity index is 1.66. The Hall–Kier alpha value is -3.29. The molecule has 0 aliphatic rings. The van der Waals surface area contributed by atoms with Crippen molar-refractivity contribution in [3.8, 4) is 11.4 Å². The van der Waals surface area contributed by atoms with Crippen LogP contribution >= 0.6 is 0 Å². The minimum Gasteiger partial charge on any atom is -0.405 e. The molecule has 8 heteroatoms. The number of para-hydroxylation sites is 1. The van der Waals surface area contributed by atoms with Gasteiger partial charge in [-0.3, -0.25) is 4.79 Å². The molecule has 0 unspecified atom stereocenters. The molecule has 5 nitrogen and oxygen atoms in total. The van der Waals surface area contributed by atoms with E-state index in [-0.39, 0.29) is 17.9 Å². The fourth-order valence-electron chi connectivity index (χ4n) is 2.35. The van der Waals surface area contributed by atoms with E-state index in [0.29, 0.717) is 5.56 Å². The Morgan fingerprint density at radius 1 is 1.12 bits per heavy atom. The van der Waals surface area contributed by atoms with Gasteiger partial charge in [0.2, 0.25) is 0 Å². The van der Waals surface area contributed by atoms with Gasteiger partial charge in [0.25, 0.3) is 5.91 Å². The van der Waals surface area contributed by atoms with Crippen LogP contribution in [-0.4, -0.2) is 21.8 Å². The number of alkyl halides is 3. The van der Waals surface area contributed by atoms with Crippen molar-refractivity contribution in [2.24, 2.45) is 0 Å². The van der Waals surface area contributed by atoms with Crippen LogP contribution in [0.3, 0.4) is 0 Å². The maximum atomic E-state index is 12.4. The molecule has 1 amide bonds. The Kier molecular flexibility index (Phi) is 4.92. The quantitative estimate of drug-likeness (QED) is 0.754. The van der Waals surface area contributed by atoms with Gasteiger partial charge in [0, 0.05) is 35.8 Å². The Bertz CT molecular complexity index is 875. The maximum Gasteiger partial charge on any atom is 0.573 e. The number of imidazole rings is 1. The van der Waals surface area contributed by atoms with E-state index in [0.717, 1.165) is 5.69 Å². The van der Waals surface area contributed by atoms with Crippen LogP contribution in [-0.2, 0) is 6.54 Å². The largest absolute Gasteiger partial charge is 0.573 e. The topological polar surface area (TPSA) is 56.1 Å². The van der Waals surface area contributed by atoms with Gasteiger partial charge in [-0.1, -0.05) is 18.2 Å². The van der Waals surface area contributed by atoms with Crippen molar-refractivity contribution >= 4 is 5.91 Å². The van der Waals surface area contributed by atoms with Crippen LogP contribution in [0, 0.1) is 0 Å². The zero-order valence-corrected chi connectivity index (χ0v) is 13.4.